The second kappa shape index (κ2) is 8.75. The molecule has 138 valence electrons. The lowest BCUT2D eigenvalue weighted by atomic mass is 10.1. The van der Waals surface area contributed by atoms with E-state index >= 15 is 0 Å². The highest BCUT2D eigenvalue weighted by atomic mass is 16.5. The van der Waals surface area contributed by atoms with Gasteiger partial charge in [0.1, 0.15) is 17.2 Å². The molecule has 0 atom stereocenters. The van der Waals surface area contributed by atoms with E-state index in [1.165, 1.54) is 14.2 Å². The Morgan fingerprint density at radius 3 is 2.19 bits per heavy atom. The van der Waals surface area contributed by atoms with E-state index < -0.39 is 18.5 Å². The van der Waals surface area contributed by atoms with Crippen molar-refractivity contribution in [3.05, 3.63) is 47.5 Å². The van der Waals surface area contributed by atoms with Gasteiger partial charge >= 0.3 is 5.97 Å². The topological polar surface area (TPSA) is 83.1 Å². The molecule has 7 nitrogen and oxygen atoms in total. The van der Waals surface area contributed by atoms with Crippen LogP contribution in [-0.4, -0.2) is 39.8 Å². The molecule has 2 aromatic carbocycles. The van der Waals surface area contributed by atoms with Gasteiger partial charge in [0.2, 0.25) is 0 Å². The second-order valence-corrected chi connectivity index (χ2v) is 5.37. The van der Waals surface area contributed by atoms with Gasteiger partial charge in [0.05, 0.1) is 32.6 Å². The third-order valence-corrected chi connectivity index (χ3v) is 3.67. The van der Waals surface area contributed by atoms with E-state index in [0.717, 1.165) is 0 Å². The zero-order chi connectivity index (χ0) is 19.1. The first kappa shape index (κ1) is 19.1. The summed E-state index contributed by atoms with van der Waals surface area (Å²) < 4.78 is 20.5. The van der Waals surface area contributed by atoms with Crippen LogP contribution in [-0.2, 0) is 9.53 Å². The summed E-state index contributed by atoms with van der Waals surface area (Å²) in [5, 5.41) is 2.64. The number of esters is 1. The highest BCUT2D eigenvalue weighted by Crippen LogP contribution is 2.28. The first-order chi connectivity index (χ1) is 12.5. The lowest BCUT2D eigenvalue weighted by Crippen LogP contribution is -2.21. The first-order valence-corrected chi connectivity index (χ1v) is 7.82. The highest BCUT2D eigenvalue weighted by Gasteiger charge is 2.15. The Labute approximate surface area is 151 Å². The molecule has 26 heavy (non-hydrogen) atoms. The summed E-state index contributed by atoms with van der Waals surface area (Å²) in [4.78, 5) is 24.2. The van der Waals surface area contributed by atoms with Crippen molar-refractivity contribution in [1.29, 1.82) is 0 Å². The molecular formula is C19H21NO6. The van der Waals surface area contributed by atoms with Gasteiger partial charge < -0.3 is 24.3 Å². The van der Waals surface area contributed by atoms with Crippen molar-refractivity contribution in [1.82, 2.24) is 0 Å². The average molecular weight is 359 g/mol. The van der Waals surface area contributed by atoms with Crippen LogP contribution < -0.4 is 19.5 Å². The summed E-state index contributed by atoms with van der Waals surface area (Å²) in [6, 6.07) is 9.95. The maximum Gasteiger partial charge on any atom is 0.338 e. The van der Waals surface area contributed by atoms with E-state index in [0.29, 0.717) is 34.1 Å². The van der Waals surface area contributed by atoms with Crippen LogP contribution in [0.5, 0.6) is 17.2 Å². The number of rotatable bonds is 7. The van der Waals surface area contributed by atoms with Crippen molar-refractivity contribution in [3.8, 4) is 17.2 Å². The van der Waals surface area contributed by atoms with Crippen LogP contribution >= 0.6 is 0 Å². The van der Waals surface area contributed by atoms with Crippen LogP contribution in [0.15, 0.2) is 36.4 Å². The molecule has 0 bridgehead atoms. The largest absolute Gasteiger partial charge is 0.497 e. The number of carbonyl (C=O) groups excluding carboxylic acids is 2. The smallest absolute Gasteiger partial charge is 0.338 e. The molecule has 0 aliphatic rings. The molecule has 2 rings (SSSR count). The molecule has 0 aromatic heterocycles. The summed E-state index contributed by atoms with van der Waals surface area (Å²) in [5.74, 6) is 0.620. The molecule has 0 spiro atoms. The molecule has 1 N–H and O–H groups in total. The monoisotopic (exact) mass is 359 g/mol. The highest BCUT2D eigenvalue weighted by molar-refractivity contribution is 5.97. The van der Waals surface area contributed by atoms with E-state index in [2.05, 4.69) is 5.32 Å². The minimum atomic E-state index is -0.581. The molecule has 2 aromatic rings. The second-order valence-electron chi connectivity index (χ2n) is 5.37. The van der Waals surface area contributed by atoms with Crippen LogP contribution in [0.4, 0.5) is 5.69 Å². The zero-order valence-corrected chi connectivity index (χ0v) is 15.1. The van der Waals surface area contributed by atoms with Crippen LogP contribution in [0.3, 0.4) is 0 Å². The number of hydrogen-bond acceptors (Lipinski definition) is 6. The van der Waals surface area contributed by atoms with Gasteiger partial charge in [0.25, 0.3) is 5.91 Å². The molecule has 0 radical (unpaired) electrons. The van der Waals surface area contributed by atoms with E-state index in [1.807, 2.05) is 0 Å². The first-order valence-electron chi connectivity index (χ1n) is 7.82. The third kappa shape index (κ3) is 4.66. The number of carbonyl (C=O) groups is 2. The standard InChI is InChI=1S/C19H21NO6/c1-12-9-13(23-2)5-7-15(12)19(22)26-11-18(21)20-16-8-6-14(24-3)10-17(16)25-4/h5-10H,11H2,1-4H3,(H,20,21). The Hall–Kier alpha value is -3.22. The van der Waals surface area contributed by atoms with Gasteiger partial charge in [-0.3, -0.25) is 4.79 Å². The number of anilines is 1. The van der Waals surface area contributed by atoms with E-state index in [4.69, 9.17) is 18.9 Å². The predicted octanol–water partition coefficient (Wildman–Crippen LogP) is 2.82. The Kier molecular flexibility index (Phi) is 6.43. The maximum absolute atomic E-state index is 12.1. The van der Waals surface area contributed by atoms with Crippen LogP contribution in [0.2, 0.25) is 0 Å². The lowest BCUT2D eigenvalue weighted by molar-refractivity contribution is -0.119. The minimum Gasteiger partial charge on any atom is -0.497 e. The van der Waals surface area contributed by atoms with Crippen molar-refractivity contribution in [2.75, 3.05) is 33.3 Å². The SMILES string of the molecule is COc1ccc(C(=O)OCC(=O)Nc2ccc(OC)cc2OC)c(C)c1. The van der Waals surface area contributed by atoms with Gasteiger partial charge in [-0.2, -0.15) is 0 Å². The fraction of sp³-hybridized carbons (Fsp3) is 0.263. The Morgan fingerprint density at radius 2 is 1.58 bits per heavy atom. The molecule has 0 heterocycles. The molecule has 0 aliphatic heterocycles. The predicted molar refractivity (Wildman–Crippen MR) is 96.2 cm³/mol. The van der Waals surface area contributed by atoms with Crippen LogP contribution in [0, 0.1) is 6.92 Å². The van der Waals surface area contributed by atoms with Crippen molar-refractivity contribution in [3.63, 3.8) is 0 Å². The number of amides is 1. The van der Waals surface area contributed by atoms with Gasteiger partial charge in [-0.15, -0.1) is 0 Å². The van der Waals surface area contributed by atoms with Crippen LogP contribution in [0.25, 0.3) is 0 Å². The quantitative estimate of drug-likeness (QED) is 0.766. The van der Waals surface area contributed by atoms with Crippen molar-refractivity contribution < 1.29 is 28.5 Å². The number of ether oxygens (including phenoxy) is 4. The maximum atomic E-state index is 12.1. The van der Waals surface area contributed by atoms with Gasteiger partial charge in [-0.05, 0) is 42.8 Å². The molecule has 0 fully saturated rings. The van der Waals surface area contributed by atoms with E-state index in [1.54, 1.807) is 50.4 Å². The fourth-order valence-electron chi connectivity index (χ4n) is 2.29. The summed E-state index contributed by atoms with van der Waals surface area (Å²) in [7, 11) is 4.56. The average Bonchev–Trinajstić information content (AvgIpc) is 2.66. The molecule has 0 saturated heterocycles. The Balaban J connectivity index is 1.97. The summed E-state index contributed by atoms with van der Waals surface area (Å²) in [6.07, 6.45) is 0. The fourth-order valence-corrected chi connectivity index (χ4v) is 2.29. The van der Waals surface area contributed by atoms with Gasteiger partial charge in [0.15, 0.2) is 6.61 Å². The number of hydrogen-bond donors (Lipinski definition) is 1. The molecule has 0 aliphatic carbocycles. The zero-order valence-electron chi connectivity index (χ0n) is 15.1. The van der Waals surface area contributed by atoms with E-state index in [9.17, 15) is 9.59 Å². The molecule has 7 heteroatoms. The molecular weight excluding hydrogens is 338 g/mol. The normalized spacial score (nSPS) is 10.0. The minimum absolute atomic E-state index is 0.376. The molecule has 0 unspecified atom stereocenters. The lowest BCUT2D eigenvalue weighted by Gasteiger charge is -2.12. The van der Waals surface area contributed by atoms with Gasteiger partial charge in [0, 0.05) is 6.07 Å². The van der Waals surface area contributed by atoms with Crippen LogP contribution in [0.1, 0.15) is 15.9 Å². The van der Waals surface area contributed by atoms with Gasteiger partial charge in [-0.25, -0.2) is 4.79 Å². The third-order valence-electron chi connectivity index (χ3n) is 3.67. The number of nitrogens with one attached hydrogen (secondary N) is 1. The Bertz CT molecular complexity index is 803. The van der Waals surface area contributed by atoms with Crippen molar-refractivity contribution in [2.24, 2.45) is 0 Å². The van der Waals surface area contributed by atoms with Crippen molar-refractivity contribution >= 4 is 17.6 Å². The number of aryl methyl sites for hydroxylation is 1. The number of methoxy groups -OCH3 is 3. The summed E-state index contributed by atoms with van der Waals surface area (Å²) in [6.45, 7) is 1.35. The summed E-state index contributed by atoms with van der Waals surface area (Å²) >= 11 is 0. The summed E-state index contributed by atoms with van der Waals surface area (Å²) in [5.41, 5.74) is 1.53. The Morgan fingerprint density at radius 1 is 0.923 bits per heavy atom. The molecule has 1 amide bonds. The number of benzene rings is 2. The van der Waals surface area contributed by atoms with Gasteiger partial charge in [-0.1, -0.05) is 0 Å². The molecule has 0 saturated carbocycles. The van der Waals surface area contributed by atoms with Crippen molar-refractivity contribution in [2.45, 2.75) is 6.92 Å². The van der Waals surface area contributed by atoms with E-state index in [-0.39, 0.29) is 0 Å².